The topological polar surface area (TPSA) is 68.3 Å². The molecule has 0 saturated carbocycles. The Morgan fingerprint density at radius 1 is 1.16 bits per heavy atom. The summed E-state index contributed by atoms with van der Waals surface area (Å²) < 4.78 is 4.90. The highest BCUT2D eigenvalue weighted by molar-refractivity contribution is 7.14. The molecule has 1 N–H and O–H groups in total. The van der Waals surface area contributed by atoms with Crippen LogP contribution in [0.1, 0.15) is 22.3 Å². The minimum Gasteiger partial charge on any atom is -0.466 e. The van der Waals surface area contributed by atoms with Crippen LogP contribution in [0.4, 0.5) is 5.13 Å². The number of carbonyl (C=O) groups is 2. The Labute approximate surface area is 153 Å². The van der Waals surface area contributed by atoms with Crippen molar-refractivity contribution in [3.63, 3.8) is 0 Å². The number of carbonyl (C=O) groups excluding carboxylic acids is 2. The number of anilines is 1. The van der Waals surface area contributed by atoms with Gasteiger partial charge in [0, 0.05) is 10.9 Å². The summed E-state index contributed by atoms with van der Waals surface area (Å²) in [5, 5.41) is 6.92. The van der Waals surface area contributed by atoms with E-state index < -0.39 is 0 Å². The van der Waals surface area contributed by atoms with Crippen LogP contribution >= 0.6 is 22.7 Å². The molecule has 3 aromatic rings. The lowest BCUT2D eigenvalue weighted by Crippen LogP contribution is -2.11. The Morgan fingerprint density at radius 3 is 2.72 bits per heavy atom. The maximum absolute atomic E-state index is 12.6. The second-order valence-electron chi connectivity index (χ2n) is 5.11. The molecule has 25 heavy (non-hydrogen) atoms. The monoisotopic (exact) mass is 372 g/mol. The zero-order valence-corrected chi connectivity index (χ0v) is 15.2. The molecule has 7 heteroatoms. The minimum atomic E-state index is -0.324. The number of thiophene rings is 1. The summed E-state index contributed by atoms with van der Waals surface area (Å²) >= 11 is 2.68. The summed E-state index contributed by atoms with van der Waals surface area (Å²) in [6, 6.07) is 11.7. The summed E-state index contributed by atoms with van der Waals surface area (Å²) in [4.78, 5) is 29.0. The molecule has 0 unspecified atom stereocenters. The van der Waals surface area contributed by atoms with Gasteiger partial charge in [0.15, 0.2) is 5.13 Å². The van der Waals surface area contributed by atoms with E-state index in [4.69, 9.17) is 4.74 Å². The van der Waals surface area contributed by atoms with Crippen molar-refractivity contribution in [3.05, 3.63) is 57.7 Å². The number of aromatic nitrogens is 1. The van der Waals surface area contributed by atoms with Crippen LogP contribution in [0, 0.1) is 0 Å². The third-order valence-electron chi connectivity index (χ3n) is 3.36. The van der Waals surface area contributed by atoms with Crippen LogP contribution < -0.4 is 5.32 Å². The molecule has 2 aromatic heterocycles. The largest absolute Gasteiger partial charge is 0.466 e. The molecule has 0 fully saturated rings. The normalized spacial score (nSPS) is 10.4. The number of nitrogens with one attached hydrogen (secondary N) is 1. The molecule has 0 aliphatic carbocycles. The van der Waals surface area contributed by atoms with E-state index in [1.807, 2.05) is 41.8 Å². The molecule has 0 spiro atoms. The molecule has 0 atom stereocenters. The molecule has 1 amide bonds. The first kappa shape index (κ1) is 17.3. The summed E-state index contributed by atoms with van der Waals surface area (Å²) in [6.07, 6.45) is 0.106. The Morgan fingerprint density at radius 2 is 1.96 bits per heavy atom. The van der Waals surface area contributed by atoms with E-state index in [-0.39, 0.29) is 18.3 Å². The first-order valence-electron chi connectivity index (χ1n) is 7.71. The average Bonchev–Trinajstić information content (AvgIpc) is 3.25. The fourth-order valence-corrected chi connectivity index (χ4v) is 3.81. The minimum absolute atomic E-state index is 0.106. The molecular formula is C18H16N2O3S2. The number of nitrogens with zero attached hydrogens (tertiary/aromatic N) is 1. The highest BCUT2D eigenvalue weighted by Crippen LogP contribution is 2.29. The molecule has 5 nitrogen and oxygen atoms in total. The van der Waals surface area contributed by atoms with Gasteiger partial charge in [0.05, 0.1) is 18.7 Å². The maximum Gasteiger partial charge on any atom is 0.311 e. The lowest BCUT2D eigenvalue weighted by molar-refractivity contribution is -0.142. The van der Waals surface area contributed by atoms with Crippen molar-refractivity contribution in [2.24, 2.45) is 0 Å². The standard InChI is InChI=1S/C18H16N2O3S2/c1-2-23-15(21)10-13-11-25-18(19-13)20-17(22)16-14(8-9-24-16)12-6-4-3-5-7-12/h3-9,11H,2,10H2,1H3,(H,19,20,22). The molecular weight excluding hydrogens is 356 g/mol. The number of hydrogen-bond acceptors (Lipinski definition) is 6. The molecule has 128 valence electrons. The van der Waals surface area contributed by atoms with E-state index in [1.165, 1.54) is 22.7 Å². The Hall–Kier alpha value is -2.51. The zero-order valence-electron chi connectivity index (χ0n) is 13.5. The van der Waals surface area contributed by atoms with Crippen LogP contribution in [0.15, 0.2) is 47.2 Å². The van der Waals surface area contributed by atoms with Crippen LogP contribution in [0.3, 0.4) is 0 Å². The maximum atomic E-state index is 12.6. The fraction of sp³-hybridized carbons (Fsp3) is 0.167. The Bertz CT molecular complexity index is 871. The number of rotatable bonds is 6. The fourth-order valence-electron chi connectivity index (χ4n) is 2.29. The molecule has 3 rings (SSSR count). The van der Waals surface area contributed by atoms with Gasteiger partial charge in [-0.25, -0.2) is 4.98 Å². The Kier molecular flexibility index (Phi) is 5.57. The van der Waals surface area contributed by atoms with Gasteiger partial charge in [0.2, 0.25) is 0 Å². The number of thiazole rings is 1. The van der Waals surface area contributed by atoms with Crippen molar-refractivity contribution < 1.29 is 14.3 Å². The van der Waals surface area contributed by atoms with E-state index in [9.17, 15) is 9.59 Å². The van der Waals surface area contributed by atoms with Gasteiger partial charge in [-0.1, -0.05) is 30.3 Å². The van der Waals surface area contributed by atoms with Gasteiger partial charge < -0.3 is 4.74 Å². The number of benzene rings is 1. The number of esters is 1. The van der Waals surface area contributed by atoms with E-state index in [0.29, 0.717) is 22.3 Å². The Balaban J connectivity index is 1.71. The predicted octanol–water partition coefficient (Wildman–Crippen LogP) is 4.23. The van der Waals surface area contributed by atoms with Gasteiger partial charge in [-0.05, 0) is 23.9 Å². The zero-order chi connectivity index (χ0) is 17.6. The van der Waals surface area contributed by atoms with Gasteiger partial charge >= 0.3 is 5.97 Å². The van der Waals surface area contributed by atoms with Crippen LogP contribution in [0.5, 0.6) is 0 Å². The molecule has 0 aliphatic rings. The quantitative estimate of drug-likeness (QED) is 0.658. The van der Waals surface area contributed by atoms with E-state index in [1.54, 1.807) is 12.3 Å². The van der Waals surface area contributed by atoms with Crippen molar-refractivity contribution in [2.75, 3.05) is 11.9 Å². The number of ether oxygens (including phenoxy) is 1. The second-order valence-corrected chi connectivity index (χ2v) is 6.88. The van der Waals surface area contributed by atoms with E-state index in [2.05, 4.69) is 10.3 Å². The van der Waals surface area contributed by atoms with Crippen molar-refractivity contribution in [1.82, 2.24) is 4.98 Å². The smallest absolute Gasteiger partial charge is 0.311 e. The summed E-state index contributed by atoms with van der Waals surface area (Å²) in [5.74, 6) is -0.527. The predicted molar refractivity (Wildman–Crippen MR) is 100 cm³/mol. The van der Waals surface area contributed by atoms with E-state index in [0.717, 1.165) is 11.1 Å². The third kappa shape index (κ3) is 4.32. The third-order valence-corrected chi connectivity index (χ3v) is 5.08. The first-order chi connectivity index (χ1) is 12.2. The van der Waals surface area contributed by atoms with Crippen LogP contribution in [-0.4, -0.2) is 23.5 Å². The van der Waals surface area contributed by atoms with Crippen molar-refractivity contribution in [3.8, 4) is 11.1 Å². The number of hydrogen-bond donors (Lipinski definition) is 1. The molecule has 1 aromatic carbocycles. The first-order valence-corrected chi connectivity index (χ1v) is 9.47. The molecule has 0 saturated heterocycles. The van der Waals surface area contributed by atoms with Gasteiger partial charge in [-0.15, -0.1) is 22.7 Å². The van der Waals surface area contributed by atoms with Crippen LogP contribution in [0.25, 0.3) is 11.1 Å². The molecule has 0 radical (unpaired) electrons. The van der Waals surface area contributed by atoms with E-state index >= 15 is 0 Å². The lowest BCUT2D eigenvalue weighted by atomic mass is 10.1. The van der Waals surface area contributed by atoms with Gasteiger partial charge in [-0.3, -0.25) is 14.9 Å². The number of amides is 1. The van der Waals surface area contributed by atoms with Gasteiger partial charge in [0.25, 0.3) is 5.91 Å². The lowest BCUT2D eigenvalue weighted by Gasteiger charge is -2.04. The summed E-state index contributed by atoms with van der Waals surface area (Å²) in [6.45, 7) is 2.10. The van der Waals surface area contributed by atoms with Gasteiger partial charge in [-0.2, -0.15) is 0 Å². The van der Waals surface area contributed by atoms with Crippen molar-refractivity contribution >= 4 is 39.7 Å². The van der Waals surface area contributed by atoms with Crippen LogP contribution in [-0.2, 0) is 16.0 Å². The molecule has 0 aliphatic heterocycles. The van der Waals surface area contributed by atoms with Crippen molar-refractivity contribution in [2.45, 2.75) is 13.3 Å². The highest BCUT2D eigenvalue weighted by Gasteiger charge is 2.16. The van der Waals surface area contributed by atoms with Crippen molar-refractivity contribution in [1.29, 1.82) is 0 Å². The van der Waals surface area contributed by atoms with Crippen LogP contribution in [0.2, 0.25) is 0 Å². The average molecular weight is 372 g/mol. The SMILES string of the molecule is CCOC(=O)Cc1csc(NC(=O)c2sccc2-c2ccccc2)n1. The second kappa shape index (κ2) is 8.04. The molecule has 0 bridgehead atoms. The molecule has 2 heterocycles. The highest BCUT2D eigenvalue weighted by atomic mass is 32.1. The summed E-state index contributed by atoms with van der Waals surface area (Å²) in [5.41, 5.74) is 2.48. The van der Waals surface area contributed by atoms with Gasteiger partial charge in [0.1, 0.15) is 4.88 Å². The summed E-state index contributed by atoms with van der Waals surface area (Å²) in [7, 11) is 0.